The van der Waals surface area contributed by atoms with Crippen LogP contribution in [0.1, 0.15) is 16.7 Å². The number of pyridine rings is 1. The molecule has 4 nitrogen and oxygen atoms in total. The van der Waals surface area contributed by atoms with E-state index in [4.69, 9.17) is 9.39 Å². The number of hydrogen-bond donors (Lipinski definition) is 0. The Kier molecular flexibility index (Phi) is 3.51. The lowest BCUT2D eigenvalue weighted by Crippen LogP contribution is -2.43. The molecular weight excluding hydrogens is 275 g/mol. The molecule has 0 spiro atoms. The molecule has 2 aromatic rings. The first-order valence-electron chi connectivity index (χ1n) is 7.54. The average Bonchev–Trinajstić information content (AvgIpc) is 2.80. The summed E-state index contributed by atoms with van der Waals surface area (Å²) in [5.74, 6) is 2.91. The summed E-state index contributed by atoms with van der Waals surface area (Å²) in [5, 5.41) is 0. The fraction of sp³-hybridized carbons (Fsp3) is 0.353. The molecule has 1 aliphatic rings. The van der Waals surface area contributed by atoms with Crippen LogP contribution in [-0.2, 0) is 7.05 Å². The molecule has 22 heavy (non-hydrogen) atoms. The zero-order chi connectivity index (χ0) is 16.0. The second-order valence-electron chi connectivity index (χ2n) is 5.94. The van der Waals surface area contributed by atoms with Gasteiger partial charge in [-0.25, -0.2) is 9.38 Å². The van der Waals surface area contributed by atoms with Gasteiger partial charge in [0.1, 0.15) is 11.5 Å². The van der Waals surface area contributed by atoms with E-state index in [1.54, 1.807) is 7.11 Å². The Balaban J connectivity index is 2.20. The van der Waals surface area contributed by atoms with Gasteiger partial charge < -0.3 is 9.39 Å². The van der Waals surface area contributed by atoms with Crippen LogP contribution in [0.2, 0.25) is 6.82 Å². The summed E-state index contributed by atoms with van der Waals surface area (Å²) in [4.78, 5) is 2.24. The van der Waals surface area contributed by atoms with Crippen molar-refractivity contribution in [2.75, 3.05) is 11.9 Å². The Labute approximate surface area is 132 Å². The van der Waals surface area contributed by atoms with Crippen LogP contribution in [0.4, 0.5) is 11.5 Å². The molecule has 0 saturated heterocycles. The third kappa shape index (κ3) is 2.12. The van der Waals surface area contributed by atoms with Gasteiger partial charge in [0.25, 0.3) is 5.82 Å². The van der Waals surface area contributed by atoms with E-state index in [0.717, 1.165) is 28.6 Å². The van der Waals surface area contributed by atoms with Gasteiger partial charge in [-0.1, -0.05) is 0 Å². The molecule has 5 heteroatoms. The number of methoxy groups -OCH3 is 1. The van der Waals surface area contributed by atoms with Crippen LogP contribution < -0.4 is 18.8 Å². The summed E-state index contributed by atoms with van der Waals surface area (Å²) in [6, 6.07) is 6.16. The number of ether oxygens (including phenoxy) is 1. The lowest BCUT2D eigenvalue weighted by Gasteiger charge is -2.17. The monoisotopic (exact) mass is 297 g/mol. The van der Waals surface area contributed by atoms with E-state index in [1.165, 1.54) is 11.1 Å². The molecule has 0 fully saturated rings. The van der Waals surface area contributed by atoms with E-state index in [0.29, 0.717) is 0 Å². The maximum Gasteiger partial charge on any atom is 0.607 e. The quantitative estimate of drug-likeness (QED) is 0.629. The highest BCUT2D eigenvalue weighted by atomic mass is 16.5. The molecule has 2 heterocycles. The number of nitrogens with zero attached hydrogens (tertiary/aromatic N) is 2. The van der Waals surface area contributed by atoms with Crippen molar-refractivity contribution in [1.82, 2.24) is 0 Å². The zero-order valence-corrected chi connectivity index (χ0v) is 14.1. The molecule has 0 N–H and O–H groups in total. The third-order valence-corrected chi connectivity index (χ3v) is 4.43. The van der Waals surface area contributed by atoms with Crippen molar-refractivity contribution >= 4 is 18.6 Å². The van der Waals surface area contributed by atoms with Crippen LogP contribution in [0.3, 0.4) is 0 Å². The highest BCUT2D eigenvalue weighted by molar-refractivity contribution is 6.59. The third-order valence-electron chi connectivity index (χ3n) is 4.43. The van der Waals surface area contributed by atoms with Crippen molar-refractivity contribution in [3.05, 3.63) is 41.1 Å². The minimum absolute atomic E-state index is 0.0471. The molecule has 0 radical (unpaired) electrons. The van der Waals surface area contributed by atoms with Gasteiger partial charge in [0, 0.05) is 18.5 Å². The Hall–Kier alpha value is -2.17. The standard InChI is InChI=1S/C17H22BN2O2/c1-11-9-16(19(5)10-12(11)2)20-17-13(3)14(21-6)7-8-15(17)22-18(20)4/h7-10H,1-6H3/q+1. The number of anilines is 2. The second-order valence-corrected chi connectivity index (χ2v) is 5.94. The van der Waals surface area contributed by atoms with Crippen molar-refractivity contribution in [3.63, 3.8) is 0 Å². The molecule has 0 atom stereocenters. The lowest BCUT2D eigenvalue weighted by atomic mass is 9.84. The fourth-order valence-corrected chi connectivity index (χ4v) is 3.10. The van der Waals surface area contributed by atoms with E-state index < -0.39 is 0 Å². The van der Waals surface area contributed by atoms with Gasteiger partial charge in [0.15, 0.2) is 5.69 Å². The van der Waals surface area contributed by atoms with Gasteiger partial charge in [-0.3, -0.25) is 0 Å². The van der Waals surface area contributed by atoms with Crippen LogP contribution in [0, 0.1) is 20.8 Å². The van der Waals surface area contributed by atoms with Crippen LogP contribution in [0.5, 0.6) is 11.5 Å². The zero-order valence-electron chi connectivity index (χ0n) is 14.1. The smallest absolute Gasteiger partial charge is 0.519 e. The Morgan fingerprint density at radius 2 is 1.91 bits per heavy atom. The summed E-state index contributed by atoms with van der Waals surface area (Å²) < 4.78 is 13.7. The van der Waals surface area contributed by atoms with Crippen molar-refractivity contribution in [2.24, 2.45) is 7.05 Å². The Bertz CT molecular complexity index is 746. The first-order chi connectivity index (χ1) is 10.4. The van der Waals surface area contributed by atoms with Crippen LogP contribution in [0.15, 0.2) is 24.4 Å². The van der Waals surface area contributed by atoms with Crippen molar-refractivity contribution in [1.29, 1.82) is 0 Å². The summed E-state index contributed by atoms with van der Waals surface area (Å²) >= 11 is 0. The fourth-order valence-electron chi connectivity index (χ4n) is 3.10. The largest absolute Gasteiger partial charge is 0.607 e. The topological polar surface area (TPSA) is 25.6 Å². The molecule has 1 aromatic carbocycles. The van der Waals surface area contributed by atoms with E-state index in [1.807, 2.05) is 12.1 Å². The highest BCUT2D eigenvalue weighted by Crippen LogP contribution is 2.45. The summed E-state index contributed by atoms with van der Waals surface area (Å²) in [7, 11) is 3.73. The molecule has 114 valence electrons. The van der Waals surface area contributed by atoms with Crippen molar-refractivity contribution < 1.29 is 14.0 Å². The first kappa shape index (κ1) is 14.8. The van der Waals surface area contributed by atoms with Gasteiger partial charge in [0.05, 0.1) is 20.4 Å². The number of aryl methyl sites for hydroxylation is 3. The minimum atomic E-state index is -0.0471. The lowest BCUT2D eigenvalue weighted by molar-refractivity contribution is -0.658. The molecule has 0 unspecified atom stereocenters. The van der Waals surface area contributed by atoms with E-state index in [-0.39, 0.29) is 7.05 Å². The molecular formula is C17H22BN2O2+. The van der Waals surface area contributed by atoms with E-state index >= 15 is 0 Å². The molecule has 0 aliphatic carbocycles. The SMILES string of the molecule is COc1ccc2c(c1C)N(c1cc(C)c(C)c[n+]1C)B(C)O2. The van der Waals surface area contributed by atoms with Crippen molar-refractivity contribution in [2.45, 2.75) is 27.6 Å². The average molecular weight is 297 g/mol. The maximum atomic E-state index is 6.04. The number of rotatable bonds is 2. The molecule has 0 amide bonds. The second kappa shape index (κ2) is 5.23. The Morgan fingerprint density at radius 1 is 1.18 bits per heavy atom. The first-order valence-corrected chi connectivity index (χ1v) is 7.54. The number of benzene rings is 1. The molecule has 1 aromatic heterocycles. The van der Waals surface area contributed by atoms with Gasteiger partial charge >= 0.3 is 7.05 Å². The summed E-state index contributed by atoms with van der Waals surface area (Å²) in [6.45, 7) is 8.42. The number of hydrogen-bond acceptors (Lipinski definition) is 3. The van der Waals surface area contributed by atoms with Crippen LogP contribution in [-0.4, -0.2) is 14.2 Å². The molecule has 0 bridgehead atoms. The summed E-state index contributed by atoms with van der Waals surface area (Å²) in [5.41, 5.74) is 4.74. The normalized spacial score (nSPS) is 13.2. The molecule has 0 saturated carbocycles. The highest BCUT2D eigenvalue weighted by Gasteiger charge is 2.44. The summed E-state index contributed by atoms with van der Waals surface area (Å²) in [6.07, 6.45) is 2.16. The van der Waals surface area contributed by atoms with Crippen molar-refractivity contribution in [3.8, 4) is 11.5 Å². The van der Waals surface area contributed by atoms with E-state index in [2.05, 4.69) is 56.3 Å². The van der Waals surface area contributed by atoms with Gasteiger partial charge in [-0.05, 0) is 44.0 Å². The van der Waals surface area contributed by atoms with Crippen LogP contribution in [0.25, 0.3) is 0 Å². The predicted octanol–water partition coefficient (Wildman–Crippen LogP) is 3.09. The number of aromatic nitrogens is 1. The molecule has 3 rings (SSSR count). The predicted molar refractivity (Wildman–Crippen MR) is 89.2 cm³/mol. The Morgan fingerprint density at radius 3 is 2.59 bits per heavy atom. The number of fused-ring (bicyclic) bond motifs is 1. The molecule has 1 aliphatic heterocycles. The van der Waals surface area contributed by atoms with E-state index in [9.17, 15) is 0 Å². The van der Waals surface area contributed by atoms with Gasteiger partial charge in [-0.15, -0.1) is 0 Å². The van der Waals surface area contributed by atoms with Crippen LogP contribution >= 0.6 is 0 Å². The maximum absolute atomic E-state index is 6.04. The minimum Gasteiger partial charge on any atom is -0.519 e. The van der Waals surface area contributed by atoms with Gasteiger partial charge in [0.2, 0.25) is 0 Å². The van der Waals surface area contributed by atoms with Gasteiger partial charge in [-0.2, -0.15) is 0 Å².